The van der Waals surface area contributed by atoms with E-state index in [1.54, 1.807) is 24.3 Å². The molecule has 0 bridgehead atoms. The van der Waals surface area contributed by atoms with Crippen molar-refractivity contribution in [3.05, 3.63) is 50.9 Å². The van der Waals surface area contributed by atoms with E-state index < -0.39 is 11.4 Å². The lowest BCUT2D eigenvalue weighted by Crippen LogP contribution is -2.10. The number of pyridine rings is 1. The van der Waals surface area contributed by atoms with Crippen molar-refractivity contribution < 1.29 is 4.39 Å². The predicted octanol–water partition coefficient (Wildman–Crippen LogP) is 2.61. The number of fused-ring (bicyclic) bond motifs is 1. The number of rotatable bonds is 1. The number of para-hydroxylation sites is 1. The largest absolute Gasteiger partial charge is 0.319 e. The van der Waals surface area contributed by atoms with Gasteiger partial charge in [-0.05, 0) is 11.6 Å². The lowest BCUT2D eigenvalue weighted by atomic mass is 10.2. The zero-order valence-corrected chi connectivity index (χ0v) is 7.44. The summed E-state index contributed by atoms with van der Waals surface area (Å²) in [5.74, 6) is -1.06. The number of azide groups is 1. The highest BCUT2D eigenvalue weighted by molar-refractivity contribution is 5.89. The number of hydrogen-bond donors (Lipinski definition) is 1. The molecule has 2 aromatic rings. The van der Waals surface area contributed by atoms with Gasteiger partial charge in [0.1, 0.15) is 0 Å². The SMILES string of the molecule is [N-]=[N+]=Nc1c(F)c(=O)[nH]c2ccccc12. The van der Waals surface area contributed by atoms with Crippen molar-refractivity contribution in [2.24, 2.45) is 5.11 Å². The first-order chi connectivity index (χ1) is 7.24. The van der Waals surface area contributed by atoms with Crippen LogP contribution in [-0.2, 0) is 0 Å². The molecule has 0 aliphatic carbocycles. The summed E-state index contributed by atoms with van der Waals surface area (Å²) >= 11 is 0. The van der Waals surface area contributed by atoms with Gasteiger partial charge in [-0.3, -0.25) is 4.79 Å². The highest BCUT2D eigenvalue weighted by Crippen LogP contribution is 2.25. The van der Waals surface area contributed by atoms with Crippen molar-refractivity contribution in [3.63, 3.8) is 0 Å². The van der Waals surface area contributed by atoms with Crippen molar-refractivity contribution in [3.8, 4) is 0 Å². The lowest BCUT2D eigenvalue weighted by molar-refractivity contribution is 0.613. The van der Waals surface area contributed by atoms with E-state index in [0.717, 1.165) is 0 Å². The number of aromatic amines is 1. The lowest BCUT2D eigenvalue weighted by Gasteiger charge is -2.01. The second kappa shape index (κ2) is 3.43. The maximum absolute atomic E-state index is 13.3. The van der Waals surface area contributed by atoms with Crippen LogP contribution >= 0.6 is 0 Å². The Morgan fingerprint density at radius 2 is 2.13 bits per heavy atom. The van der Waals surface area contributed by atoms with Gasteiger partial charge in [-0.1, -0.05) is 23.3 Å². The summed E-state index contributed by atoms with van der Waals surface area (Å²) in [4.78, 5) is 15.9. The van der Waals surface area contributed by atoms with Crippen LogP contribution < -0.4 is 5.56 Å². The van der Waals surface area contributed by atoms with Crippen LogP contribution in [0.3, 0.4) is 0 Å². The van der Waals surface area contributed by atoms with Crippen LogP contribution in [0.4, 0.5) is 10.1 Å². The summed E-state index contributed by atoms with van der Waals surface area (Å²) in [5.41, 5.74) is 7.55. The molecule has 0 atom stereocenters. The Morgan fingerprint density at radius 3 is 2.87 bits per heavy atom. The van der Waals surface area contributed by atoms with E-state index in [1.807, 2.05) is 0 Å². The molecular weight excluding hydrogens is 199 g/mol. The number of nitrogens with one attached hydrogen (secondary N) is 1. The third-order valence-corrected chi connectivity index (χ3v) is 1.98. The third kappa shape index (κ3) is 1.43. The average Bonchev–Trinajstić information content (AvgIpc) is 2.25. The number of nitrogens with zero attached hydrogens (tertiary/aromatic N) is 3. The average molecular weight is 204 g/mol. The molecule has 0 saturated carbocycles. The van der Waals surface area contributed by atoms with E-state index in [1.165, 1.54) is 0 Å². The van der Waals surface area contributed by atoms with Crippen LogP contribution in [0.15, 0.2) is 34.2 Å². The minimum Gasteiger partial charge on any atom is -0.319 e. The molecule has 2 rings (SSSR count). The van der Waals surface area contributed by atoms with Crippen LogP contribution in [0.5, 0.6) is 0 Å². The zero-order valence-electron chi connectivity index (χ0n) is 7.44. The smallest absolute Gasteiger partial charge is 0.284 e. The fourth-order valence-corrected chi connectivity index (χ4v) is 1.34. The molecule has 0 fully saturated rings. The molecule has 1 aromatic heterocycles. The maximum Gasteiger partial charge on any atom is 0.284 e. The molecule has 0 amide bonds. The summed E-state index contributed by atoms with van der Waals surface area (Å²) in [5, 5.41) is 3.56. The third-order valence-electron chi connectivity index (χ3n) is 1.98. The van der Waals surface area contributed by atoms with Crippen LogP contribution in [0.2, 0.25) is 0 Å². The summed E-state index contributed by atoms with van der Waals surface area (Å²) in [6.07, 6.45) is 0. The van der Waals surface area contributed by atoms with Gasteiger partial charge >= 0.3 is 0 Å². The first-order valence-corrected chi connectivity index (χ1v) is 4.09. The van der Waals surface area contributed by atoms with Crippen molar-refractivity contribution in [1.29, 1.82) is 0 Å². The summed E-state index contributed by atoms with van der Waals surface area (Å²) in [7, 11) is 0. The molecule has 0 unspecified atom stereocenters. The van der Waals surface area contributed by atoms with E-state index in [4.69, 9.17) is 5.53 Å². The van der Waals surface area contributed by atoms with Crippen LogP contribution in [-0.4, -0.2) is 4.98 Å². The van der Waals surface area contributed by atoms with E-state index >= 15 is 0 Å². The second-order valence-electron chi connectivity index (χ2n) is 2.85. The molecule has 15 heavy (non-hydrogen) atoms. The quantitative estimate of drug-likeness (QED) is 0.432. The summed E-state index contributed by atoms with van der Waals surface area (Å²) in [6.45, 7) is 0. The fraction of sp³-hybridized carbons (Fsp3) is 0. The molecule has 1 N–H and O–H groups in total. The van der Waals surface area contributed by atoms with Gasteiger partial charge < -0.3 is 4.98 Å². The van der Waals surface area contributed by atoms with E-state index in [2.05, 4.69) is 15.0 Å². The summed E-state index contributed by atoms with van der Waals surface area (Å²) < 4.78 is 13.3. The molecular formula is C9H5FN4O. The van der Waals surface area contributed by atoms with Crippen molar-refractivity contribution in [2.75, 3.05) is 0 Å². The van der Waals surface area contributed by atoms with Crippen molar-refractivity contribution in [1.82, 2.24) is 4.98 Å². The van der Waals surface area contributed by atoms with Gasteiger partial charge in [0.2, 0.25) is 0 Å². The van der Waals surface area contributed by atoms with Crippen LogP contribution in [0.25, 0.3) is 21.3 Å². The number of aromatic nitrogens is 1. The molecule has 74 valence electrons. The van der Waals surface area contributed by atoms with Gasteiger partial charge in [0.05, 0.1) is 5.69 Å². The number of benzene rings is 1. The highest BCUT2D eigenvalue weighted by Gasteiger charge is 2.09. The number of halogens is 1. The van der Waals surface area contributed by atoms with E-state index in [0.29, 0.717) is 10.9 Å². The van der Waals surface area contributed by atoms with Gasteiger partial charge in [-0.2, -0.15) is 0 Å². The van der Waals surface area contributed by atoms with Gasteiger partial charge in [0.25, 0.3) is 5.56 Å². The zero-order chi connectivity index (χ0) is 10.8. The highest BCUT2D eigenvalue weighted by atomic mass is 19.1. The van der Waals surface area contributed by atoms with Gasteiger partial charge in [0, 0.05) is 15.8 Å². The standard InChI is InChI=1S/C9H5FN4O/c10-7-8(13-14-11)5-3-1-2-4-6(5)12-9(7)15/h1-4H,(H,12,15). The number of H-pyrrole nitrogens is 1. The molecule has 1 aromatic carbocycles. The Bertz CT molecular complexity index is 628. The van der Waals surface area contributed by atoms with Gasteiger partial charge in [-0.25, -0.2) is 4.39 Å². The molecule has 0 aliphatic rings. The van der Waals surface area contributed by atoms with E-state index in [-0.39, 0.29) is 5.69 Å². The summed E-state index contributed by atoms with van der Waals surface area (Å²) in [6, 6.07) is 6.53. The minimum absolute atomic E-state index is 0.267. The van der Waals surface area contributed by atoms with Crippen molar-refractivity contribution >= 4 is 16.6 Å². The Kier molecular flexibility index (Phi) is 2.11. The Labute approximate surface area is 82.8 Å². The van der Waals surface area contributed by atoms with Gasteiger partial charge in [0.15, 0.2) is 5.82 Å². The monoisotopic (exact) mass is 204 g/mol. The predicted molar refractivity (Wildman–Crippen MR) is 53.3 cm³/mol. The molecule has 6 heteroatoms. The molecule has 5 nitrogen and oxygen atoms in total. The van der Waals surface area contributed by atoms with Crippen LogP contribution in [0.1, 0.15) is 0 Å². The Morgan fingerprint density at radius 1 is 1.40 bits per heavy atom. The maximum atomic E-state index is 13.3. The fourth-order valence-electron chi connectivity index (χ4n) is 1.34. The molecule has 1 heterocycles. The first kappa shape index (κ1) is 9.23. The second-order valence-corrected chi connectivity index (χ2v) is 2.85. The molecule has 0 saturated heterocycles. The Balaban J connectivity index is 3.01. The van der Waals surface area contributed by atoms with Crippen molar-refractivity contribution in [2.45, 2.75) is 0 Å². The molecule has 0 radical (unpaired) electrons. The van der Waals surface area contributed by atoms with Crippen LogP contribution in [0, 0.1) is 5.82 Å². The normalized spacial score (nSPS) is 9.93. The molecule has 0 aliphatic heterocycles. The number of hydrogen-bond acceptors (Lipinski definition) is 2. The first-order valence-electron chi connectivity index (χ1n) is 4.09. The molecule has 0 spiro atoms. The topological polar surface area (TPSA) is 81.6 Å². The Hall–Kier alpha value is -2.33. The van der Waals surface area contributed by atoms with Gasteiger partial charge in [-0.15, -0.1) is 0 Å². The minimum atomic E-state index is -1.06. The van der Waals surface area contributed by atoms with E-state index in [9.17, 15) is 9.18 Å².